The van der Waals surface area contributed by atoms with Gasteiger partial charge in [0.1, 0.15) is 0 Å². The Bertz CT molecular complexity index is 242. The number of likely N-dealkylation sites (tertiary alicyclic amines) is 1. The minimum absolute atomic E-state index is 0.267. The maximum absolute atomic E-state index is 11.8. The van der Waals surface area contributed by atoms with E-state index in [0.717, 1.165) is 25.7 Å². The van der Waals surface area contributed by atoms with E-state index in [4.69, 9.17) is 4.74 Å². The van der Waals surface area contributed by atoms with Crippen molar-refractivity contribution in [1.82, 2.24) is 4.90 Å². The zero-order chi connectivity index (χ0) is 10.8. The Labute approximate surface area is 91.8 Å². The first kappa shape index (κ1) is 10.9. The molecule has 2 rings (SSSR count). The first-order valence-corrected chi connectivity index (χ1v) is 6.08. The summed E-state index contributed by atoms with van der Waals surface area (Å²) in [6.07, 6.45) is 6.72. The van der Waals surface area contributed by atoms with Crippen LogP contribution in [0, 0.1) is 0 Å². The number of carbonyl (C=O) groups excluding carboxylic acids is 1. The van der Waals surface area contributed by atoms with Gasteiger partial charge in [-0.05, 0) is 26.2 Å². The van der Waals surface area contributed by atoms with Crippen molar-refractivity contribution in [3.63, 3.8) is 0 Å². The molecule has 0 bridgehead atoms. The lowest BCUT2D eigenvalue weighted by Crippen LogP contribution is -2.49. The van der Waals surface area contributed by atoms with Crippen molar-refractivity contribution in [2.75, 3.05) is 7.11 Å². The van der Waals surface area contributed by atoms with Crippen LogP contribution < -0.4 is 0 Å². The highest BCUT2D eigenvalue weighted by molar-refractivity contribution is 5.79. The van der Waals surface area contributed by atoms with E-state index in [0.29, 0.717) is 18.0 Å². The van der Waals surface area contributed by atoms with E-state index >= 15 is 0 Å². The Hall–Kier alpha value is -0.570. The summed E-state index contributed by atoms with van der Waals surface area (Å²) in [6, 6.07) is 0.756. The molecule has 3 atom stereocenters. The van der Waals surface area contributed by atoms with Crippen LogP contribution in [0.5, 0.6) is 0 Å². The fourth-order valence-corrected chi connectivity index (χ4v) is 3.03. The van der Waals surface area contributed by atoms with E-state index in [-0.39, 0.29) is 6.10 Å². The molecule has 1 saturated heterocycles. The molecule has 3 unspecified atom stereocenters. The van der Waals surface area contributed by atoms with Gasteiger partial charge in [-0.2, -0.15) is 0 Å². The third-order valence-corrected chi connectivity index (χ3v) is 3.87. The SMILES string of the molecule is COC1CCCCC1N1C(=O)CCC1C. The predicted octanol–water partition coefficient (Wildman–Crippen LogP) is 1.95. The summed E-state index contributed by atoms with van der Waals surface area (Å²) < 4.78 is 5.52. The molecule has 0 spiro atoms. The second-order valence-electron chi connectivity index (χ2n) is 4.81. The number of methoxy groups -OCH3 is 1. The van der Waals surface area contributed by atoms with E-state index in [9.17, 15) is 4.79 Å². The summed E-state index contributed by atoms with van der Waals surface area (Å²) in [5.41, 5.74) is 0. The summed E-state index contributed by atoms with van der Waals surface area (Å²) in [5.74, 6) is 0.330. The molecule has 1 aliphatic heterocycles. The van der Waals surface area contributed by atoms with E-state index in [1.54, 1.807) is 7.11 Å². The van der Waals surface area contributed by atoms with Crippen molar-refractivity contribution in [3.05, 3.63) is 0 Å². The normalized spacial score (nSPS) is 37.3. The molecule has 3 heteroatoms. The molecule has 0 aromatic heterocycles. The van der Waals surface area contributed by atoms with Gasteiger partial charge < -0.3 is 9.64 Å². The van der Waals surface area contributed by atoms with E-state index in [1.165, 1.54) is 12.8 Å². The van der Waals surface area contributed by atoms with Crippen LogP contribution in [0.2, 0.25) is 0 Å². The maximum Gasteiger partial charge on any atom is 0.223 e. The first-order chi connectivity index (χ1) is 7.24. The minimum Gasteiger partial charge on any atom is -0.379 e. The number of rotatable bonds is 2. The van der Waals surface area contributed by atoms with Gasteiger partial charge in [-0.3, -0.25) is 4.79 Å². The second-order valence-corrected chi connectivity index (χ2v) is 4.81. The molecule has 0 N–H and O–H groups in total. The third-order valence-electron chi connectivity index (χ3n) is 3.87. The van der Waals surface area contributed by atoms with Gasteiger partial charge in [-0.25, -0.2) is 0 Å². The van der Waals surface area contributed by atoms with Gasteiger partial charge in [0.2, 0.25) is 5.91 Å². The fraction of sp³-hybridized carbons (Fsp3) is 0.917. The van der Waals surface area contributed by atoms with Crippen molar-refractivity contribution in [1.29, 1.82) is 0 Å². The van der Waals surface area contributed by atoms with E-state index in [2.05, 4.69) is 11.8 Å². The molecule has 1 heterocycles. The Balaban J connectivity index is 2.09. The molecule has 0 aromatic carbocycles. The van der Waals surface area contributed by atoms with Crippen molar-refractivity contribution >= 4 is 5.91 Å². The molecule has 2 fully saturated rings. The standard InChI is InChI=1S/C12H21NO2/c1-9-7-8-12(14)13(9)10-5-3-4-6-11(10)15-2/h9-11H,3-8H2,1-2H3. The van der Waals surface area contributed by atoms with Crippen LogP contribution in [0.15, 0.2) is 0 Å². The topological polar surface area (TPSA) is 29.5 Å². The molecule has 2 aliphatic rings. The van der Waals surface area contributed by atoms with Crippen LogP contribution in [0.3, 0.4) is 0 Å². The van der Waals surface area contributed by atoms with Crippen molar-refractivity contribution in [2.45, 2.75) is 63.6 Å². The van der Waals surface area contributed by atoms with Crippen LogP contribution in [0.4, 0.5) is 0 Å². The van der Waals surface area contributed by atoms with Crippen molar-refractivity contribution < 1.29 is 9.53 Å². The molecule has 0 aromatic rings. The van der Waals surface area contributed by atoms with Gasteiger partial charge in [0, 0.05) is 19.6 Å². The average molecular weight is 211 g/mol. The molecule has 1 aliphatic carbocycles. The van der Waals surface area contributed by atoms with E-state index < -0.39 is 0 Å². The van der Waals surface area contributed by atoms with Gasteiger partial charge in [0.15, 0.2) is 0 Å². The number of hydrogen-bond acceptors (Lipinski definition) is 2. The van der Waals surface area contributed by atoms with E-state index in [1.807, 2.05) is 0 Å². The van der Waals surface area contributed by atoms with Gasteiger partial charge in [0.05, 0.1) is 12.1 Å². The second kappa shape index (κ2) is 4.52. The van der Waals surface area contributed by atoms with Crippen LogP contribution in [0.1, 0.15) is 45.4 Å². The van der Waals surface area contributed by atoms with Crippen LogP contribution in [-0.4, -0.2) is 36.1 Å². The predicted molar refractivity (Wildman–Crippen MR) is 58.6 cm³/mol. The van der Waals surface area contributed by atoms with Gasteiger partial charge in [-0.15, -0.1) is 0 Å². The van der Waals surface area contributed by atoms with Crippen LogP contribution in [-0.2, 0) is 9.53 Å². The smallest absolute Gasteiger partial charge is 0.223 e. The van der Waals surface area contributed by atoms with Gasteiger partial charge in [0.25, 0.3) is 0 Å². The van der Waals surface area contributed by atoms with Gasteiger partial charge in [-0.1, -0.05) is 12.8 Å². The summed E-state index contributed by atoms with van der Waals surface area (Å²) in [5, 5.41) is 0. The number of amides is 1. The largest absolute Gasteiger partial charge is 0.379 e. The molecule has 3 nitrogen and oxygen atoms in total. The zero-order valence-corrected chi connectivity index (χ0v) is 9.74. The molecule has 1 saturated carbocycles. The molecule has 86 valence electrons. The van der Waals surface area contributed by atoms with Crippen LogP contribution >= 0.6 is 0 Å². The van der Waals surface area contributed by atoms with Crippen LogP contribution in [0.25, 0.3) is 0 Å². The van der Waals surface area contributed by atoms with Crippen molar-refractivity contribution in [3.8, 4) is 0 Å². The number of ether oxygens (including phenoxy) is 1. The number of hydrogen-bond donors (Lipinski definition) is 0. The Kier molecular flexibility index (Phi) is 3.29. The minimum atomic E-state index is 0.267. The highest BCUT2D eigenvalue weighted by Gasteiger charge is 2.38. The maximum atomic E-state index is 11.8. The highest BCUT2D eigenvalue weighted by atomic mass is 16.5. The lowest BCUT2D eigenvalue weighted by molar-refractivity contribution is -0.135. The average Bonchev–Trinajstić information content (AvgIpc) is 2.59. The zero-order valence-electron chi connectivity index (χ0n) is 9.74. The fourth-order valence-electron chi connectivity index (χ4n) is 3.03. The third kappa shape index (κ3) is 2.03. The summed E-state index contributed by atoms with van der Waals surface area (Å²) in [7, 11) is 1.77. The Morgan fingerprint density at radius 3 is 2.60 bits per heavy atom. The summed E-state index contributed by atoms with van der Waals surface area (Å²) in [4.78, 5) is 13.9. The molecule has 0 radical (unpaired) electrons. The molecular weight excluding hydrogens is 190 g/mol. The highest BCUT2D eigenvalue weighted by Crippen LogP contribution is 2.31. The van der Waals surface area contributed by atoms with Gasteiger partial charge >= 0.3 is 0 Å². The Morgan fingerprint density at radius 2 is 2.00 bits per heavy atom. The summed E-state index contributed by atoms with van der Waals surface area (Å²) >= 11 is 0. The molecule has 1 amide bonds. The monoisotopic (exact) mass is 211 g/mol. The quantitative estimate of drug-likeness (QED) is 0.698. The summed E-state index contributed by atoms with van der Waals surface area (Å²) in [6.45, 7) is 2.16. The molecular formula is C12H21NO2. The Morgan fingerprint density at radius 1 is 1.27 bits per heavy atom. The first-order valence-electron chi connectivity index (χ1n) is 6.08. The molecule has 15 heavy (non-hydrogen) atoms. The van der Waals surface area contributed by atoms with Crippen molar-refractivity contribution in [2.24, 2.45) is 0 Å². The lowest BCUT2D eigenvalue weighted by Gasteiger charge is -2.39. The lowest BCUT2D eigenvalue weighted by atomic mass is 9.91. The number of carbonyl (C=O) groups is 1. The number of nitrogens with zero attached hydrogens (tertiary/aromatic N) is 1.